The first-order chi connectivity index (χ1) is 4.69. The summed E-state index contributed by atoms with van der Waals surface area (Å²) in [5.74, 6) is 0.492. The third kappa shape index (κ3) is 1.32. The maximum atomic E-state index is 9.00. The van der Waals surface area contributed by atoms with E-state index in [4.69, 9.17) is 10.8 Å². The lowest BCUT2D eigenvalue weighted by atomic mass is 9.75. The molecular weight excluding hydrogens is 126 g/mol. The smallest absolute Gasteiger partial charge is 0.0613 e. The van der Waals surface area contributed by atoms with Gasteiger partial charge in [-0.15, -0.1) is 0 Å². The second-order valence-corrected chi connectivity index (χ2v) is 3.54. The average Bonchev–Trinajstić information content (AvgIpc) is 1.96. The highest BCUT2D eigenvalue weighted by molar-refractivity contribution is 4.91. The SMILES string of the molecule is CC1CCCCC1(N)CO. The summed E-state index contributed by atoms with van der Waals surface area (Å²) in [6.45, 7) is 2.28. The van der Waals surface area contributed by atoms with Gasteiger partial charge in [0.15, 0.2) is 0 Å². The van der Waals surface area contributed by atoms with Crippen LogP contribution in [0.3, 0.4) is 0 Å². The van der Waals surface area contributed by atoms with Crippen LogP contribution >= 0.6 is 0 Å². The van der Waals surface area contributed by atoms with Crippen molar-refractivity contribution in [1.82, 2.24) is 0 Å². The number of aliphatic hydroxyl groups excluding tert-OH is 1. The fraction of sp³-hybridized carbons (Fsp3) is 1.00. The van der Waals surface area contributed by atoms with Crippen molar-refractivity contribution in [3.8, 4) is 0 Å². The Balaban J connectivity index is 2.54. The normalized spacial score (nSPS) is 41.7. The lowest BCUT2D eigenvalue weighted by molar-refractivity contribution is 0.110. The zero-order valence-electron chi connectivity index (χ0n) is 6.64. The van der Waals surface area contributed by atoms with E-state index in [9.17, 15) is 0 Å². The number of hydrogen-bond donors (Lipinski definition) is 2. The van der Waals surface area contributed by atoms with E-state index in [-0.39, 0.29) is 12.1 Å². The van der Waals surface area contributed by atoms with Crippen LogP contribution < -0.4 is 5.73 Å². The van der Waals surface area contributed by atoms with Crippen LogP contribution in [-0.4, -0.2) is 17.3 Å². The molecule has 0 saturated heterocycles. The molecule has 1 fully saturated rings. The summed E-state index contributed by atoms with van der Waals surface area (Å²) in [5, 5.41) is 9.00. The molecule has 1 aliphatic carbocycles. The van der Waals surface area contributed by atoms with E-state index in [0.717, 1.165) is 6.42 Å². The largest absolute Gasteiger partial charge is 0.394 e. The van der Waals surface area contributed by atoms with Gasteiger partial charge in [-0.25, -0.2) is 0 Å². The predicted octanol–water partition coefficient (Wildman–Crippen LogP) is 0.886. The van der Waals surface area contributed by atoms with Crippen LogP contribution in [0.15, 0.2) is 0 Å². The Morgan fingerprint density at radius 2 is 2.30 bits per heavy atom. The maximum absolute atomic E-state index is 9.00. The van der Waals surface area contributed by atoms with Crippen LogP contribution in [0.1, 0.15) is 32.6 Å². The summed E-state index contributed by atoms with van der Waals surface area (Å²) < 4.78 is 0. The molecule has 2 atom stereocenters. The van der Waals surface area contributed by atoms with Crippen molar-refractivity contribution in [3.63, 3.8) is 0 Å². The summed E-state index contributed by atoms with van der Waals surface area (Å²) in [4.78, 5) is 0. The number of hydrogen-bond acceptors (Lipinski definition) is 2. The molecule has 1 aliphatic rings. The van der Waals surface area contributed by atoms with Gasteiger partial charge in [0.2, 0.25) is 0 Å². The lowest BCUT2D eigenvalue weighted by Crippen LogP contribution is -2.51. The van der Waals surface area contributed by atoms with Gasteiger partial charge < -0.3 is 10.8 Å². The molecular formula is C8H17NO. The van der Waals surface area contributed by atoms with Crippen molar-refractivity contribution < 1.29 is 5.11 Å². The van der Waals surface area contributed by atoms with E-state index in [0.29, 0.717) is 5.92 Å². The number of rotatable bonds is 1. The van der Waals surface area contributed by atoms with Gasteiger partial charge in [-0.1, -0.05) is 19.8 Å². The first kappa shape index (κ1) is 8.02. The van der Waals surface area contributed by atoms with Gasteiger partial charge in [-0.3, -0.25) is 0 Å². The standard InChI is InChI=1S/C8H17NO/c1-7-4-2-3-5-8(7,9)6-10/h7,10H,2-6,9H2,1H3. The molecule has 0 heterocycles. The maximum Gasteiger partial charge on any atom is 0.0613 e. The van der Waals surface area contributed by atoms with E-state index >= 15 is 0 Å². The zero-order valence-corrected chi connectivity index (χ0v) is 6.64. The van der Waals surface area contributed by atoms with Crippen LogP contribution in [0.5, 0.6) is 0 Å². The van der Waals surface area contributed by atoms with E-state index < -0.39 is 0 Å². The third-order valence-electron chi connectivity index (χ3n) is 2.81. The topological polar surface area (TPSA) is 46.2 Å². The molecule has 60 valence electrons. The monoisotopic (exact) mass is 143 g/mol. The second kappa shape index (κ2) is 2.89. The molecule has 10 heavy (non-hydrogen) atoms. The highest BCUT2D eigenvalue weighted by atomic mass is 16.3. The first-order valence-electron chi connectivity index (χ1n) is 4.09. The second-order valence-electron chi connectivity index (χ2n) is 3.54. The van der Waals surface area contributed by atoms with E-state index in [1.165, 1.54) is 19.3 Å². The molecule has 0 amide bonds. The fourth-order valence-corrected chi connectivity index (χ4v) is 1.67. The first-order valence-corrected chi connectivity index (χ1v) is 4.09. The van der Waals surface area contributed by atoms with Gasteiger partial charge in [-0.05, 0) is 18.8 Å². The molecule has 2 unspecified atom stereocenters. The molecule has 3 N–H and O–H groups in total. The van der Waals surface area contributed by atoms with Crippen LogP contribution in [-0.2, 0) is 0 Å². The predicted molar refractivity (Wildman–Crippen MR) is 41.6 cm³/mol. The molecule has 0 aromatic carbocycles. The molecule has 0 bridgehead atoms. The van der Waals surface area contributed by atoms with Crippen LogP contribution in [0.25, 0.3) is 0 Å². The summed E-state index contributed by atoms with van der Waals surface area (Å²) in [6.07, 6.45) is 4.63. The molecule has 0 spiro atoms. The quantitative estimate of drug-likeness (QED) is 0.572. The third-order valence-corrected chi connectivity index (χ3v) is 2.81. The summed E-state index contributed by atoms with van der Waals surface area (Å²) >= 11 is 0. The summed E-state index contributed by atoms with van der Waals surface area (Å²) in [7, 11) is 0. The molecule has 0 aromatic rings. The van der Waals surface area contributed by atoms with Crippen molar-refractivity contribution in [3.05, 3.63) is 0 Å². The highest BCUT2D eigenvalue weighted by Gasteiger charge is 2.33. The molecule has 2 nitrogen and oxygen atoms in total. The highest BCUT2D eigenvalue weighted by Crippen LogP contribution is 2.30. The van der Waals surface area contributed by atoms with E-state index in [1.54, 1.807) is 0 Å². The van der Waals surface area contributed by atoms with Gasteiger partial charge in [0.05, 0.1) is 6.61 Å². The minimum Gasteiger partial charge on any atom is -0.394 e. The van der Waals surface area contributed by atoms with Crippen molar-refractivity contribution in [2.45, 2.75) is 38.1 Å². The molecule has 0 aromatic heterocycles. The summed E-state index contributed by atoms with van der Waals surface area (Å²) in [5.41, 5.74) is 5.69. The van der Waals surface area contributed by atoms with Gasteiger partial charge >= 0.3 is 0 Å². The Kier molecular flexibility index (Phi) is 2.32. The van der Waals surface area contributed by atoms with Gasteiger partial charge in [-0.2, -0.15) is 0 Å². The van der Waals surface area contributed by atoms with Crippen LogP contribution in [0.2, 0.25) is 0 Å². The van der Waals surface area contributed by atoms with Crippen molar-refractivity contribution >= 4 is 0 Å². The Morgan fingerprint density at radius 1 is 1.60 bits per heavy atom. The fourth-order valence-electron chi connectivity index (χ4n) is 1.67. The number of nitrogens with two attached hydrogens (primary N) is 1. The van der Waals surface area contributed by atoms with E-state index in [2.05, 4.69) is 6.92 Å². The Bertz CT molecular complexity index is 116. The molecule has 2 heteroatoms. The molecule has 1 saturated carbocycles. The average molecular weight is 143 g/mol. The van der Waals surface area contributed by atoms with Crippen molar-refractivity contribution in [2.24, 2.45) is 11.7 Å². The minimum atomic E-state index is -0.266. The van der Waals surface area contributed by atoms with E-state index in [1.807, 2.05) is 0 Å². The minimum absolute atomic E-state index is 0.147. The molecule has 0 radical (unpaired) electrons. The van der Waals surface area contributed by atoms with Gasteiger partial charge in [0.1, 0.15) is 0 Å². The van der Waals surface area contributed by atoms with Crippen LogP contribution in [0, 0.1) is 5.92 Å². The Hall–Kier alpha value is -0.0800. The van der Waals surface area contributed by atoms with Crippen molar-refractivity contribution in [1.29, 1.82) is 0 Å². The molecule has 1 rings (SSSR count). The zero-order chi connectivity index (χ0) is 7.61. The number of aliphatic hydroxyl groups is 1. The van der Waals surface area contributed by atoms with Gasteiger partial charge in [0.25, 0.3) is 0 Å². The Labute approximate surface area is 62.4 Å². The lowest BCUT2D eigenvalue weighted by Gasteiger charge is -2.37. The molecule has 0 aliphatic heterocycles. The van der Waals surface area contributed by atoms with Crippen LogP contribution in [0.4, 0.5) is 0 Å². The van der Waals surface area contributed by atoms with Crippen molar-refractivity contribution in [2.75, 3.05) is 6.61 Å². The Morgan fingerprint density at radius 3 is 2.70 bits per heavy atom. The summed E-state index contributed by atoms with van der Waals surface area (Å²) in [6, 6.07) is 0. The van der Waals surface area contributed by atoms with Gasteiger partial charge in [0, 0.05) is 5.54 Å².